The molecule has 4 heteroatoms. The Balaban J connectivity index is 2.66. The Hall–Kier alpha value is -1.26. The van der Waals surface area contributed by atoms with Gasteiger partial charge in [-0.3, -0.25) is 0 Å². The Morgan fingerprint density at radius 2 is 1.86 bits per heavy atom. The summed E-state index contributed by atoms with van der Waals surface area (Å²) in [4.78, 5) is 0. The molecule has 0 saturated carbocycles. The molecule has 21 heavy (non-hydrogen) atoms. The molecule has 0 aliphatic rings. The summed E-state index contributed by atoms with van der Waals surface area (Å²) in [5.74, 6) is 2.11. The number of hydrogen-bond acceptors (Lipinski definition) is 4. The first kappa shape index (κ1) is 17.8. The second-order valence-electron chi connectivity index (χ2n) is 5.68. The van der Waals surface area contributed by atoms with E-state index < -0.39 is 0 Å². The van der Waals surface area contributed by atoms with E-state index in [0.717, 1.165) is 30.1 Å². The van der Waals surface area contributed by atoms with Gasteiger partial charge in [-0.15, -0.1) is 0 Å². The van der Waals surface area contributed by atoms with Crippen LogP contribution in [0.1, 0.15) is 33.3 Å². The molecule has 0 heterocycles. The van der Waals surface area contributed by atoms with Gasteiger partial charge in [0.15, 0.2) is 11.5 Å². The third-order valence-electron chi connectivity index (χ3n) is 2.83. The first-order valence-electron chi connectivity index (χ1n) is 7.75. The summed E-state index contributed by atoms with van der Waals surface area (Å²) >= 11 is 0. The molecule has 1 aromatic carbocycles. The van der Waals surface area contributed by atoms with Gasteiger partial charge in [0, 0.05) is 12.6 Å². The standard InChI is InChI=1S/C17H29NO3/c1-5-20-16-8-6-7-15(11-14(4)18)17(16)21-10-9-19-12-13(2)3/h6-8,13-14H,5,9-12,18H2,1-4H3. The summed E-state index contributed by atoms with van der Waals surface area (Å²) in [5.41, 5.74) is 6.99. The van der Waals surface area contributed by atoms with E-state index in [9.17, 15) is 0 Å². The van der Waals surface area contributed by atoms with Crippen LogP contribution in [0.5, 0.6) is 11.5 Å². The lowest BCUT2D eigenvalue weighted by atomic mass is 10.1. The van der Waals surface area contributed by atoms with Crippen molar-refractivity contribution in [3.63, 3.8) is 0 Å². The Morgan fingerprint density at radius 1 is 1.10 bits per heavy atom. The molecule has 0 bridgehead atoms. The van der Waals surface area contributed by atoms with Gasteiger partial charge in [0.2, 0.25) is 0 Å². The van der Waals surface area contributed by atoms with E-state index in [1.165, 1.54) is 0 Å². The van der Waals surface area contributed by atoms with Crippen molar-refractivity contribution in [2.75, 3.05) is 26.4 Å². The van der Waals surface area contributed by atoms with E-state index in [-0.39, 0.29) is 6.04 Å². The van der Waals surface area contributed by atoms with Gasteiger partial charge in [-0.1, -0.05) is 26.0 Å². The van der Waals surface area contributed by atoms with Crippen LogP contribution in [0.2, 0.25) is 0 Å². The number of rotatable bonds is 10. The molecule has 0 aromatic heterocycles. The van der Waals surface area contributed by atoms with E-state index in [1.807, 2.05) is 32.0 Å². The van der Waals surface area contributed by atoms with Gasteiger partial charge in [0.05, 0.1) is 13.2 Å². The Kier molecular flexibility index (Phi) is 8.16. The molecule has 1 unspecified atom stereocenters. The summed E-state index contributed by atoms with van der Waals surface area (Å²) in [5, 5.41) is 0. The largest absolute Gasteiger partial charge is 0.490 e. The maximum atomic E-state index is 5.91. The summed E-state index contributed by atoms with van der Waals surface area (Å²) < 4.78 is 17.1. The molecular formula is C17H29NO3. The van der Waals surface area contributed by atoms with Crippen molar-refractivity contribution in [1.82, 2.24) is 0 Å². The van der Waals surface area contributed by atoms with Crippen molar-refractivity contribution < 1.29 is 14.2 Å². The van der Waals surface area contributed by atoms with Gasteiger partial charge in [0.25, 0.3) is 0 Å². The molecule has 2 N–H and O–H groups in total. The van der Waals surface area contributed by atoms with Crippen LogP contribution in [0.4, 0.5) is 0 Å². The third kappa shape index (κ3) is 6.82. The lowest BCUT2D eigenvalue weighted by Crippen LogP contribution is -2.19. The van der Waals surface area contributed by atoms with Crippen molar-refractivity contribution in [3.05, 3.63) is 23.8 Å². The van der Waals surface area contributed by atoms with Crippen LogP contribution in [-0.2, 0) is 11.2 Å². The molecule has 0 amide bonds. The van der Waals surface area contributed by atoms with E-state index in [4.69, 9.17) is 19.9 Å². The molecule has 0 fully saturated rings. The van der Waals surface area contributed by atoms with Crippen LogP contribution in [-0.4, -0.2) is 32.5 Å². The fourth-order valence-electron chi connectivity index (χ4n) is 2.02. The Morgan fingerprint density at radius 3 is 2.48 bits per heavy atom. The second-order valence-corrected chi connectivity index (χ2v) is 5.68. The lowest BCUT2D eigenvalue weighted by molar-refractivity contribution is 0.0805. The highest BCUT2D eigenvalue weighted by molar-refractivity contribution is 5.47. The number of para-hydroxylation sites is 1. The Bertz CT molecular complexity index is 405. The average Bonchev–Trinajstić information content (AvgIpc) is 2.40. The molecule has 4 nitrogen and oxygen atoms in total. The highest BCUT2D eigenvalue weighted by atomic mass is 16.5. The van der Waals surface area contributed by atoms with Crippen LogP contribution >= 0.6 is 0 Å². The molecular weight excluding hydrogens is 266 g/mol. The highest BCUT2D eigenvalue weighted by Gasteiger charge is 2.12. The summed E-state index contributed by atoms with van der Waals surface area (Å²) in [6.45, 7) is 10.7. The summed E-state index contributed by atoms with van der Waals surface area (Å²) in [7, 11) is 0. The number of benzene rings is 1. The van der Waals surface area contributed by atoms with Crippen molar-refractivity contribution in [2.24, 2.45) is 11.7 Å². The first-order valence-corrected chi connectivity index (χ1v) is 7.75. The van der Waals surface area contributed by atoms with Crippen LogP contribution in [0.3, 0.4) is 0 Å². The van der Waals surface area contributed by atoms with E-state index in [0.29, 0.717) is 25.7 Å². The van der Waals surface area contributed by atoms with E-state index in [1.54, 1.807) is 0 Å². The van der Waals surface area contributed by atoms with Crippen molar-refractivity contribution in [3.8, 4) is 11.5 Å². The number of hydrogen-bond donors (Lipinski definition) is 1. The quantitative estimate of drug-likeness (QED) is 0.674. The Labute approximate surface area is 128 Å². The zero-order chi connectivity index (χ0) is 15.7. The van der Waals surface area contributed by atoms with Crippen molar-refractivity contribution >= 4 is 0 Å². The number of nitrogens with two attached hydrogens (primary N) is 1. The molecule has 0 saturated heterocycles. The fourth-order valence-corrected chi connectivity index (χ4v) is 2.02. The third-order valence-corrected chi connectivity index (χ3v) is 2.83. The highest BCUT2D eigenvalue weighted by Crippen LogP contribution is 2.32. The molecule has 1 atom stereocenters. The van der Waals surface area contributed by atoms with Gasteiger partial charge < -0.3 is 19.9 Å². The van der Waals surface area contributed by atoms with Gasteiger partial charge in [-0.25, -0.2) is 0 Å². The summed E-state index contributed by atoms with van der Waals surface area (Å²) in [6.07, 6.45) is 0.767. The average molecular weight is 295 g/mol. The predicted molar refractivity (Wildman–Crippen MR) is 86.1 cm³/mol. The van der Waals surface area contributed by atoms with Gasteiger partial charge >= 0.3 is 0 Å². The van der Waals surface area contributed by atoms with Gasteiger partial charge in [0.1, 0.15) is 6.61 Å². The maximum Gasteiger partial charge on any atom is 0.164 e. The van der Waals surface area contributed by atoms with Crippen LogP contribution in [0.25, 0.3) is 0 Å². The van der Waals surface area contributed by atoms with Gasteiger partial charge in [-0.05, 0) is 37.8 Å². The molecule has 0 spiro atoms. The predicted octanol–water partition coefficient (Wildman–Crippen LogP) is 3.03. The normalized spacial score (nSPS) is 12.5. The summed E-state index contributed by atoms with van der Waals surface area (Å²) in [6, 6.07) is 6.03. The first-order chi connectivity index (χ1) is 10.0. The topological polar surface area (TPSA) is 53.7 Å². The minimum Gasteiger partial charge on any atom is -0.490 e. The van der Waals surface area contributed by atoms with Crippen LogP contribution in [0.15, 0.2) is 18.2 Å². The molecule has 120 valence electrons. The van der Waals surface area contributed by atoms with Crippen LogP contribution < -0.4 is 15.2 Å². The zero-order valence-corrected chi connectivity index (χ0v) is 13.7. The SMILES string of the molecule is CCOc1cccc(CC(C)N)c1OCCOCC(C)C. The minimum atomic E-state index is 0.0846. The smallest absolute Gasteiger partial charge is 0.164 e. The fraction of sp³-hybridized carbons (Fsp3) is 0.647. The molecule has 0 aliphatic carbocycles. The minimum absolute atomic E-state index is 0.0846. The zero-order valence-electron chi connectivity index (χ0n) is 13.7. The molecule has 1 rings (SSSR count). The van der Waals surface area contributed by atoms with Crippen LogP contribution in [0, 0.1) is 5.92 Å². The van der Waals surface area contributed by atoms with E-state index in [2.05, 4.69) is 13.8 Å². The molecule has 0 aliphatic heterocycles. The maximum absolute atomic E-state index is 5.91. The van der Waals surface area contributed by atoms with Gasteiger partial charge in [-0.2, -0.15) is 0 Å². The second kappa shape index (κ2) is 9.64. The monoisotopic (exact) mass is 295 g/mol. The number of ether oxygens (including phenoxy) is 3. The lowest BCUT2D eigenvalue weighted by Gasteiger charge is -2.17. The van der Waals surface area contributed by atoms with Crippen molar-refractivity contribution in [2.45, 2.75) is 40.2 Å². The molecule has 1 aromatic rings. The van der Waals surface area contributed by atoms with Crippen molar-refractivity contribution in [1.29, 1.82) is 0 Å². The van der Waals surface area contributed by atoms with E-state index >= 15 is 0 Å². The molecule has 0 radical (unpaired) electrons.